The molecular formula is C12H16N2O3. The standard InChI is InChI=1S/C12H16N2O3/c1-12(2,3)14-10(15)7-4-5-8(11(16)17)9(13)6-7/h4-6H,13H2,1-3H3,(H,14,15)(H,16,17). The lowest BCUT2D eigenvalue weighted by molar-refractivity contribution is 0.0697. The average Bonchev–Trinajstić information content (AvgIpc) is 2.14. The molecule has 5 heteroatoms. The second-order valence-electron chi connectivity index (χ2n) is 4.81. The van der Waals surface area contributed by atoms with Gasteiger partial charge in [-0.25, -0.2) is 4.79 Å². The zero-order valence-corrected chi connectivity index (χ0v) is 10.1. The summed E-state index contributed by atoms with van der Waals surface area (Å²) in [6, 6.07) is 4.14. The third-order valence-corrected chi connectivity index (χ3v) is 2.03. The van der Waals surface area contributed by atoms with E-state index < -0.39 is 5.97 Å². The largest absolute Gasteiger partial charge is 0.478 e. The first kappa shape index (κ1) is 13.0. The molecule has 0 spiro atoms. The zero-order valence-electron chi connectivity index (χ0n) is 10.1. The molecule has 0 saturated carbocycles. The Morgan fingerprint density at radius 1 is 1.29 bits per heavy atom. The van der Waals surface area contributed by atoms with E-state index in [2.05, 4.69) is 5.32 Å². The highest BCUT2D eigenvalue weighted by Gasteiger charge is 2.17. The average molecular weight is 236 g/mol. The first-order valence-corrected chi connectivity index (χ1v) is 5.16. The minimum atomic E-state index is -1.11. The number of carbonyl (C=O) groups excluding carboxylic acids is 1. The van der Waals surface area contributed by atoms with Gasteiger partial charge in [-0.1, -0.05) is 0 Å². The monoisotopic (exact) mass is 236 g/mol. The smallest absolute Gasteiger partial charge is 0.337 e. The number of aromatic carboxylic acids is 1. The van der Waals surface area contributed by atoms with E-state index >= 15 is 0 Å². The molecule has 0 aliphatic heterocycles. The maximum atomic E-state index is 11.8. The summed E-state index contributed by atoms with van der Waals surface area (Å²) in [6.45, 7) is 5.58. The van der Waals surface area contributed by atoms with Crippen LogP contribution in [0.4, 0.5) is 5.69 Å². The fourth-order valence-electron chi connectivity index (χ4n) is 1.31. The van der Waals surface area contributed by atoms with Gasteiger partial charge in [0.05, 0.1) is 5.56 Å². The highest BCUT2D eigenvalue weighted by atomic mass is 16.4. The molecule has 1 amide bonds. The van der Waals surface area contributed by atoms with Gasteiger partial charge < -0.3 is 16.2 Å². The van der Waals surface area contributed by atoms with E-state index in [0.717, 1.165) is 0 Å². The summed E-state index contributed by atoms with van der Waals surface area (Å²) in [5.74, 6) is -1.38. The van der Waals surface area contributed by atoms with Gasteiger partial charge in [0.15, 0.2) is 0 Å². The lowest BCUT2D eigenvalue weighted by Crippen LogP contribution is -2.40. The minimum absolute atomic E-state index is 0.00249. The van der Waals surface area contributed by atoms with Crippen molar-refractivity contribution >= 4 is 17.6 Å². The van der Waals surface area contributed by atoms with Crippen LogP contribution in [0.15, 0.2) is 18.2 Å². The van der Waals surface area contributed by atoms with Gasteiger partial charge in [-0.3, -0.25) is 4.79 Å². The molecule has 0 atom stereocenters. The fraction of sp³-hybridized carbons (Fsp3) is 0.333. The fourth-order valence-corrected chi connectivity index (χ4v) is 1.31. The first-order chi connectivity index (χ1) is 7.70. The van der Waals surface area contributed by atoms with Gasteiger partial charge >= 0.3 is 5.97 Å². The van der Waals surface area contributed by atoms with Crippen molar-refractivity contribution in [3.8, 4) is 0 Å². The number of amides is 1. The van der Waals surface area contributed by atoms with Crippen LogP contribution < -0.4 is 11.1 Å². The highest BCUT2D eigenvalue weighted by Crippen LogP contribution is 2.15. The van der Waals surface area contributed by atoms with E-state index in [-0.39, 0.29) is 22.7 Å². The number of nitrogens with one attached hydrogen (secondary N) is 1. The van der Waals surface area contributed by atoms with Crippen LogP contribution in [0, 0.1) is 0 Å². The number of hydrogen-bond donors (Lipinski definition) is 3. The van der Waals surface area contributed by atoms with Crippen molar-refractivity contribution < 1.29 is 14.7 Å². The molecule has 1 aromatic rings. The van der Waals surface area contributed by atoms with Crippen molar-refractivity contribution in [2.75, 3.05) is 5.73 Å². The Kier molecular flexibility index (Phi) is 3.41. The van der Waals surface area contributed by atoms with Gasteiger partial charge in [0.2, 0.25) is 0 Å². The number of nitrogen functional groups attached to an aromatic ring is 1. The molecule has 1 rings (SSSR count). The maximum absolute atomic E-state index is 11.8. The molecule has 0 bridgehead atoms. The maximum Gasteiger partial charge on any atom is 0.337 e. The summed E-state index contributed by atoms with van der Waals surface area (Å²) in [7, 11) is 0. The van der Waals surface area contributed by atoms with E-state index in [1.807, 2.05) is 20.8 Å². The molecule has 0 saturated heterocycles. The molecule has 5 nitrogen and oxygen atoms in total. The molecule has 92 valence electrons. The van der Waals surface area contributed by atoms with E-state index in [1.54, 1.807) is 0 Å². The molecular weight excluding hydrogens is 220 g/mol. The number of hydrogen-bond acceptors (Lipinski definition) is 3. The van der Waals surface area contributed by atoms with Crippen molar-refractivity contribution in [1.29, 1.82) is 0 Å². The van der Waals surface area contributed by atoms with Gasteiger partial charge in [-0.15, -0.1) is 0 Å². The van der Waals surface area contributed by atoms with Crippen molar-refractivity contribution in [3.63, 3.8) is 0 Å². The molecule has 0 unspecified atom stereocenters. The predicted molar refractivity (Wildman–Crippen MR) is 65.0 cm³/mol. The third-order valence-electron chi connectivity index (χ3n) is 2.03. The Balaban J connectivity index is 2.98. The van der Waals surface area contributed by atoms with E-state index in [9.17, 15) is 9.59 Å². The Labute approximate surface area is 99.6 Å². The van der Waals surface area contributed by atoms with E-state index in [1.165, 1.54) is 18.2 Å². The normalized spacial score (nSPS) is 11.0. The van der Waals surface area contributed by atoms with E-state index in [4.69, 9.17) is 10.8 Å². The lowest BCUT2D eigenvalue weighted by atomic mass is 10.1. The number of rotatable bonds is 2. The molecule has 17 heavy (non-hydrogen) atoms. The summed E-state index contributed by atoms with van der Waals surface area (Å²) >= 11 is 0. The van der Waals surface area contributed by atoms with Crippen LogP contribution in [0.2, 0.25) is 0 Å². The molecule has 0 heterocycles. The summed E-state index contributed by atoms with van der Waals surface area (Å²) < 4.78 is 0. The van der Waals surface area contributed by atoms with Gasteiger partial charge in [0.1, 0.15) is 0 Å². The van der Waals surface area contributed by atoms with Gasteiger partial charge in [0, 0.05) is 16.8 Å². The van der Waals surface area contributed by atoms with Crippen molar-refractivity contribution in [2.45, 2.75) is 26.3 Å². The van der Waals surface area contributed by atoms with Crippen LogP contribution in [0.1, 0.15) is 41.5 Å². The predicted octanol–water partition coefficient (Wildman–Crippen LogP) is 1.50. The van der Waals surface area contributed by atoms with Gasteiger partial charge in [0.25, 0.3) is 5.91 Å². The third kappa shape index (κ3) is 3.48. The van der Waals surface area contributed by atoms with Gasteiger partial charge in [-0.2, -0.15) is 0 Å². The SMILES string of the molecule is CC(C)(C)NC(=O)c1ccc(C(=O)O)c(N)c1. The number of anilines is 1. The summed E-state index contributed by atoms with van der Waals surface area (Å²) in [5.41, 5.74) is 5.64. The molecule has 0 radical (unpaired) electrons. The molecule has 1 aromatic carbocycles. The second-order valence-corrected chi connectivity index (χ2v) is 4.81. The number of nitrogens with two attached hydrogens (primary N) is 1. The Hall–Kier alpha value is -2.04. The number of carboxylic acid groups (broad SMARTS) is 1. The molecule has 0 aliphatic rings. The Morgan fingerprint density at radius 3 is 2.29 bits per heavy atom. The second kappa shape index (κ2) is 4.45. The van der Waals surface area contributed by atoms with Crippen LogP contribution in [-0.2, 0) is 0 Å². The van der Waals surface area contributed by atoms with Crippen LogP contribution in [0.3, 0.4) is 0 Å². The highest BCUT2D eigenvalue weighted by molar-refractivity contribution is 5.99. The Morgan fingerprint density at radius 2 is 1.88 bits per heavy atom. The van der Waals surface area contributed by atoms with Crippen LogP contribution in [0.5, 0.6) is 0 Å². The molecule has 0 aliphatic carbocycles. The zero-order chi connectivity index (χ0) is 13.2. The first-order valence-electron chi connectivity index (χ1n) is 5.16. The number of carboxylic acids is 1. The van der Waals surface area contributed by atoms with Crippen molar-refractivity contribution in [1.82, 2.24) is 5.32 Å². The lowest BCUT2D eigenvalue weighted by Gasteiger charge is -2.20. The van der Waals surface area contributed by atoms with Crippen molar-refractivity contribution in [3.05, 3.63) is 29.3 Å². The number of benzene rings is 1. The minimum Gasteiger partial charge on any atom is -0.478 e. The topological polar surface area (TPSA) is 92.4 Å². The Bertz CT molecular complexity index is 461. The quantitative estimate of drug-likeness (QED) is 0.678. The molecule has 4 N–H and O–H groups in total. The molecule has 0 aromatic heterocycles. The summed E-state index contributed by atoms with van der Waals surface area (Å²) in [6.07, 6.45) is 0. The van der Waals surface area contributed by atoms with E-state index in [0.29, 0.717) is 5.56 Å². The van der Waals surface area contributed by atoms with Crippen LogP contribution in [-0.4, -0.2) is 22.5 Å². The summed E-state index contributed by atoms with van der Waals surface area (Å²) in [4.78, 5) is 22.5. The van der Waals surface area contributed by atoms with Crippen LogP contribution in [0.25, 0.3) is 0 Å². The summed E-state index contributed by atoms with van der Waals surface area (Å²) in [5, 5.41) is 11.6. The van der Waals surface area contributed by atoms with Gasteiger partial charge in [-0.05, 0) is 39.0 Å². The van der Waals surface area contributed by atoms with Crippen LogP contribution >= 0.6 is 0 Å². The molecule has 0 fully saturated rings. The number of carbonyl (C=O) groups is 2. The van der Waals surface area contributed by atoms with Crippen molar-refractivity contribution in [2.24, 2.45) is 0 Å².